The van der Waals surface area contributed by atoms with Gasteiger partial charge in [-0.05, 0) is 72.2 Å². The van der Waals surface area contributed by atoms with Crippen molar-refractivity contribution in [1.29, 1.82) is 0 Å². The molecule has 0 unspecified atom stereocenters. The van der Waals surface area contributed by atoms with Crippen LogP contribution < -0.4 is 11.1 Å². The molecule has 1 aliphatic carbocycles. The number of carboxylic acid groups (broad SMARTS) is 1. The molecule has 0 bridgehead atoms. The molecule has 31 heavy (non-hydrogen) atoms. The number of benzene rings is 1. The van der Waals surface area contributed by atoms with Crippen molar-refractivity contribution in [3.63, 3.8) is 0 Å². The summed E-state index contributed by atoms with van der Waals surface area (Å²) in [6.07, 6.45) is 5.68. The number of nitrogens with two attached hydrogens (primary N) is 1. The van der Waals surface area contributed by atoms with Gasteiger partial charge in [0.2, 0.25) is 5.91 Å². The number of aromatic carboxylic acids is 1. The Morgan fingerprint density at radius 2 is 1.77 bits per heavy atom. The molecule has 1 saturated carbocycles. The van der Waals surface area contributed by atoms with Crippen LogP contribution in [0.3, 0.4) is 0 Å². The summed E-state index contributed by atoms with van der Waals surface area (Å²) in [4.78, 5) is 41.3. The average molecular weight is 420 g/mol. The molecule has 0 spiro atoms. The molecule has 3 atom stereocenters. The second kappa shape index (κ2) is 8.59. The summed E-state index contributed by atoms with van der Waals surface area (Å²) < 4.78 is 0. The van der Waals surface area contributed by atoms with Gasteiger partial charge in [-0.15, -0.1) is 0 Å². The number of nitrogens with one attached hydrogen (secondary N) is 1. The lowest BCUT2D eigenvalue weighted by Crippen LogP contribution is -2.32. The molecule has 1 aromatic carbocycles. The minimum absolute atomic E-state index is 0.0570. The van der Waals surface area contributed by atoms with Gasteiger partial charge in [0.25, 0.3) is 5.91 Å². The fraction of sp³-hybridized carbons (Fsp3) is 0.304. The number of anilines is 1. The number of fused-ring (bicyclic) bond motifs is 1. The van der Waals surface area contributed by atoms with Crippen LogP contribution in [-0.4, -0.2) is 52.4 Å². The van der Waals surface area contributed by atoms with Gasteiger partial charge in [-0.3, -0.25) is 9.59 Å². The third-order valence-electron chi connectivity index (χ3n) is 6.05. The number of aromatic nitrogens is 1. The number of amides is 2. The predicted molar refractivity (Wildman–Crippen MR) is 115 cm³/mol. The van der Waals surface area contributed by atoms with Crippen LogP contribution in [0.1, 0.15) is 32.7 Å². The van der Waals surface area contributed by atoms with E-state index in [0.717, 1.165) is 12.0 Å². The van der Waals surface area contributed by atoms with Crippen molar-refractivity contribution >= 4 is 29.7 Å². The third kappa shape index (κ3) is 4.74. The number of carboxylic acids is 1. The second-order valence-corrected chi connectivity index (χ2v) is 8.01. The minimum atomic E-state index is -1.01. The fourth-order valence-electron chi connectivity index (χ4n) is 4.29. The maximum Gasteiger partial charge on any atom is 0.335 e. The molecule has 160 valence electrons. The highest BCUT2D eigenvalue weighted by Crippen LogP contribution is 2.53. The van der Waals surface area contributed by atoms with Crippen LogP contribution in [0.5, 0.6) is 0 Å². The lowest BCUT2D eigenvalue weighted by molar-refractivity contribution is -0.116. The molecule has 2 heterocycles. The van der Waals surface area contributed by atoms with Gasteiger partial charge in [-0.1, -0.05) is 0 Å². The number of nitrogen functional groups attached to an aromatic ring is 1. The Balaban J connectivity index is 1.18. The highest BCUT2D eigenvalue weighted by molar-refractivity contribution is 5.96. The maximum atomic E-state index is 12.6. The number of carbonyl (C=O) groups excluding carboxylic acids is 2. The van der Waals surface area contributed by atoms with Crippen LogP contribution in [0.25, 0.3) is 6.08 Å². The van der Waals surface area contributed by atoms with E-state index < -0.39 is 5.97 Å². The molecule has 2 fully saturated rings. The van der Waals surface area contributed by atoms with Crippen molar-refractivity contribution in [3.05, 3.63) is 65.4 Å². The van der Waals surface area contributed by atoms with Gasteiger partial charge in [0.15, 0.2) is 0 Å². The Morgan fingerprint density at radius 1 is 1.10 bits per heavy atom. The zero-order chi connectivity index (χ0) is 22.0. The number of nitrogens with zero attached hydrogens (tertiary/aromatic N) is 2. The Kier molecular flexibility index (Phi) is 5.70. The normalized spacial score (nSPS) is 21.7. The number of likely N-dealkylation sites (tertiary alicyclic amines) is 1. The lowest BCUT2D eigenvalue weighted by atomic mass is 10.1. The van der Waals surface area contributed by atoms with E-state index >= 15 is 0 Å². The molecular formula is C23H24N4O4. The molecule has 8 nitrogen and oxygen atoms in total. The van der Waals surface area contributed by atoms with Gasteiger partial charge in [0.05, 0.1) is 5.56 Å². The van der Waals surface area contributed by atoms with E-state index in [1.165, 1.54) is 18.2 Å². The number of pyridine rings is 1. The number of hydrogen-bond donors (Lipinski definition) is 3. The third-order valence-corrected chi connectivity index (χ3v) is 6.05. The summed E-state index contributed by atoms with van der Waals surface area (Å²) in [6, 6.07) is 9.52. The molecular weight excluding hydrogens is 396 g/mol. The fourth-order valence-corrected chi connectivity index (χ4v) is 4.29. The van der Waals surface area contributed by atoms with Crippen LogP contribution in [-0.2, 0) is 4.79 Å². The Morgan fingerprint density at radius 3 is 2.39 bits per heavy atom. The summed E-state index contributed by atoms with van der Waals surface area (Å²) in [6.45, 7) is 2.03. The first kappa shape index (κ1) is 20.6. The molecule has 2 aliphatic rings. The topological polar surface area (TPSA) is 126 Å². The molecule has 4 N–H and O–H groups in total. The van der Waals surface area contributed by atoms with E-state index in [1.807, 2.05) is 4.90 Å². The van der Waals surface area contributed by atoms with E-state index in [0.29, 0.717) is 48.8 Å². The average Bonchev–Trinajstić information content (AvgIpc) is 3.21. The summed E-state index contributed by atoms with van der Waals surface area (Å²) in [5.74, 6) is 0.722. The summed E-state index contributed by atoms with van der Waals surface area (Å²) >= 11 is 0. The SMILES string of the molecule is Nc1ccc(/C=C/C(=O)NCC[C@@H]2[C@H]3CN(C(=O)c4ccc(C(=O)O)cc4)C[C@@H]23)cn1. The quantitative estimate of drug-likeness (QED) is 0.588. The van der Waals surface area contributed by atoms with Crippen LogP contribution >= 0.6 is 0 Å². The summed E-state index contributed by atoms with van der Waals surface area (Å²) in [5, 5.41) is 11.9. The molecule has 8 heteroatoms. The van der Waals surface area contributed by atoms with Crippen LogP contribution in [0, 0.1) is 17.8 Å². The van der Waals surface area contributed by atoms with Crippen molar-refractivity contribution in [1.82, 2.24) is 15.2 Å². The van der Waals surface area contributed by atoms with Gasteiger partial charge < -0.3 is 21.1 Å². The van der Waals surface area contributed by atoms with Crippen molar-refractivity contribution in [2.75, 3.05) is 25.4 Å². The van der Waals surface area contributed by atoms with E-state index in [9.17, 15) is 14.4 Å². The highest BCUT2D eigenvalue weighted by atomic mass is 16.4. The summed E-state index contributed by atoms with van der Waals surface area (Å²) in [5.41, 5.74) is 7.03. The largest absolute Gasteiger partial charge is 0.478 e. The monoisotopic (exact) mass is 420 g/mol. The molecule has 1 aromatic heterocycles. The number of piperidine rings is 1. The smallest absolute Gasteiger partial charge is 0.335 e. The summed E-state index contributed by atoms with van der Waals surface area (Å²) in [7, 11) is 0. The van der Waals surface area contributed by atoms with Crippen molar-refractivity contribution in [3.8, 4) is 0 Å². The second-order valence-electron chi connectivity index (χ2n) is 8.01. The van der Waals surface area contributed by atoms with Gasteiger partial charge in [-0.2, -0.15) is 0 Å². The Hall–Kier alpha value is -3.68. The van der Waals surface area contributed by atoms with Crippen molar-refractivity contribution in [2.24, 2.45) is 17.8 Å². The van der Waals surface area contributed by atoms with Crippen LogP contribution in [0.15, 0.2) is 48.7 Å². The van der Waals surface area contributed by atoms with Crippen LogP contribution in [0.2, 0.25) is 0 Å². The Bertz CT molecular complexity index is 1000. The molecule has 2 amide bonds. The van der Waals surface area contributed by atoms with E-state index in [-0.39, 0.29) is 17.4 Å². The van der Waals surface area contributed by atoms with Gasteiger partial charge >= 0.3 is 5.97 Å². The van der Waals surface area contributed by atoms with Gasteiger partial charge in [0, 0.05) is 37.5 Å². The molecule has 1 saturated heterocycles. The van der Waals surface area contributed by atoms with Crippen molar-refractivity contribution in [2.45, 2.75) is 6.42 Å². The zero-order valence-corrected chi connectivity index (χ0v) is 16.9. The number of carbonyl (C=O) groups is 3. The minimum Gasteiger partial charge on any atom is -0.478 e. The maximum absolute atomic E-state index is 12.6. The van der Waals surface area contributed by atoms with E-state index in [4.69, 9.17) is 10.8 Å². The highest BCUT2D eigenvalue weighted by Gasteiger charge is 2.55. The van der Waals surface area contributed by atoms with E-state index in [2.05, 4.69) is 10.3 Å². The first-order valence-corrected chi connectivity index (χ1v) is 10.2. The molecule has 4 rings (SSSR count). The zero-order valence-electron chi connectivity index (χ0n) is 16.9. The lowest BCUT2D eigenvalue weighted by Gasteiger charge is -2.20. The van der Waals surface area contributed by atoms with Crippen molar-refractivity contribution < 1.29 is 19.5 Å². The van der Waals surface area contributed by atoms with Crippen LogP contribution in [0.4, 0.5) is 5.82 Å². The number of rotatable bonds is 7. The van der Waals surface area contributed by atoms with Gasteiger partial charge in [-0.25, -0.2) is 9.78 Å². The Labute approximate surface area is 179 Å². The standard InChI is InChI=1S/C23H24N4O4/c24-20-7-1-14(11-26-20)2-8-21(28)25-10-9-17-18-12-27(13-19(17)18)22(29)15-3-5-16(6-4-15)23(30)31/h1-8,11,17-19H,9-10,12-13H2,(H2,24,26)(H,25,28)(H,30,31)/b8-2+/t17-,18-,19+. The molecule has 0 radical (unpaired) electrons. The first-order chi connectivity index (χ1) is 14.9. The predicted octanol–water partition coefficient (Wildman–Crippen LogP) is 1.90. The first-order valence-electron chi connectivity index (χ1n) is 10.2. The van der Waals surface area contributed by atoms with E-state index in [1.54, 1.807) is 36.5 Å². The van der Waals surface area contributed by atoms with Gasteiger partial charge in [0.1, 0.15) is 5.82 Å². The number of hydrogen-bond acceptors (Lipinski definition) is 5. The molecule has 1 aliphatic heterocycles. The molecule has 2 aromatic rings.